The van der Waals surface area contributed by atoms with Crippen molar-refractivity contribution in [3.8, 4) is 0 Å². The van der Waals surface area contributed by atoms with Gasteiger partial charge in [-0.25, -0.2) is 0 Å². The molecule has 2 rings (SSSR count). The first-order valence-corrected chi connectivity index (χ1v) is 13.6. The van der Waals surface area contributed by atoms with Crippen LogP contribution in [0.5, 0.6) is 0 Å². The Hall–Kier alpha value is -1.29. The van der Waals surface area contributed by atoms with Crippen LogP contribution in [0.4, 0.5) is 0 Å². The smallest absolute Gasteiger partial charge is 0.0525 e. The first kappa shape index (κ1) is 27.0. The molecule has 0 amide bonds. The first-order valence-electron chi connectivity index (χ1n) is 12.4. The van der Waals surface area contributed by atoms with Gasteiger partial charge in [0.2, 0.25) is 0 Å². The minimum absolute atomic E-state index is 0.0893. The number of benzene rings is 2. The maximum absolute atomic E-state index is 9.91. The van der Waals surface area contributed by atoms with Gasteiger partial charge in [0.25, 0.3) is 0 Å². The van der Waals surface area contributed by atoms with E-state index in [1.807, 2.05) is 6.07 Å². The van der Waals surface area contributed by atoms with E-state index in [9.17, 15) is 10.2 Å². The van der Waals surface area contributed by atoms with Gasteiger partial charge in [0.15, 0.2) is 0 Å². The summed E-state index contributed by atoms with van der Waals surface area (Å²) in [6.07, 6.45) is 10.5. The monoisotopic (exact) mass is 456 g/mol. The molecule has 2 nitrogen and oxygen atoms in total. The van der Waals surface area contributed by atoms with E-state index in [2.05, 4.69) is 80.2 Å². The second-order valence-corrected chi connectivity index (χ2v) is 10.9. The molecule has 2 N–H and O–H groups in total. The third kappa shape index (κ3) is 8.92. The maximum atomic E-state index is 9.91. The van der Waals surface area contributed by atoms with Gasteiger partial charge in [-0.15, -0.1) is 0 Å². The Balaban J connectivity index is 1.53. The molecule has 0 saturated heterocycles. The van der Waals surface area contributed by atoms with Crippen molar-refractivity contribution in [2.24, 2.45) is 0 Å². The summed E-state index contributed by atoms with van der Waals surface area (Å²) >= 11 is 2.09. The highest BCUT2D eigenvalue weighted by Crippen LogP contribution is 2.33. The van der Waals surface area contributed by atoms with E-state index in [1.165, 1.54) is 61.2 Å². The Kier molecular flexibility index (Phi) is 12.4. The number of unbranched alkanes of at least 4 members (excludes halogenated alkanes) is 4. The van der Waals surface area contributed by atoms with Crippen molar-refractivity contribution < 1.29 is 10.2 Å². The fourth-order valence-electron chi connectivity index (χ4n) is 4.55. The van der Waals surface area contributed by atoms with Gasteiger partial charge in [0.1, 0.15) is 0 Å². The van der Waals surface area contributed by atoms with Crippen LogP contribution in [0.3, 0.4) is 0 Å². The van der Waals surface area contributed by atoms with Crippen molar-refractivity contribution in [1.29, 1.82) is 0 Å². The van der Waals surface area contributed by atoms with E-state index in [0.29, 0.717) is 0 Å². The van der Waals surface area contributed by atoms with Crippen molar-refractivity contribution in [1.82, 2.24) is 0 Å². The average molecular weight is 457 g/mol. The van der Waals surface area contributed by atoms with Crippen LogP contribution in [-0.4, -0.2) is 34.9 Å². The quantitative estimate of drug-likeness (QED) is 0.249. The van der Waals surface area contributed by atoms with Crippen molar-refractivity contribution in [3.63, 3.8) is 0 Å². The van der Waals surface area contributed by atoms with Crippen LogP contribution in [0.1, 0.15) is 82.8 Å². The molecule has 0 saturated carbocycles. The molecule has 0 aliphatic heterocycles. The topological polar surface area (TPSA) is 40.5 Å². The van der Waals surface area contributed by atoms with E-state index in [1.54, 1.807) is 0 Å². The van der Waals surface area contributed by atoms with Gasteiger partial charge >= 0.3 is 0 Å². The Morgan fingerprint density at radius 2 is 1.06 bits per heavy atom. The molecule has 0 aliphatic rings. The molecule has 0 fully saturated rings. The summed E-state index contributed by atoms with van der Waals surface area (Å²) in [6.45, 7) is 4.95. The number of aliphatic hydroxyl groups excluding tert-OH is 2. The number of hydrogen-bond donors (Lipinski definition) is 2. The third-order valence-corrected chi connectivity index (χ3v) is 8.14. The summed E-state index contributed by atoms with van der Waals surface area (Å²) in [4.78, 5) is 0. The van der Waals surface area contributed by atoms with Gasteiger partial charge < -0.3 is 10.2 Å². The molecule has 0 bridgehead atoms. The first-order chi connectivity index (χ1) is 15.5. The predicted octanol–water partition coefficient (Wildman–Crippen LogP) is 7.13. The Morgan fingerprint density at radius 1 is 0.594 bits per heavy atom. The van der Waals surface area contributed by atoms with Crippen LogP contribution in [-0.2, 0) is 10.8 Å². The lowest BCUT2D eigenvalue weighted by atomic mass is 9.76. The highest BCUT2D eigenvalue weighted by molar-refractivity contribution is 7.99. The van der Waals surface area contributed by atoms with Crippen LogP contribution in [0.2, 0.25) is 0 Å². The minimum Gasteiger partial charge on any atom is -0.396 e. The molecular formula is C29H44O2S. The van der Waals surface area contributed by atoms with Gasteiger partial charge in [0.05, 0.1) is 6.61 Å². The fourth-order valence-corrected chi connectivity index (χ4v) is 5.57. The molecule has 0 spiro atoms. The normalized spacial score (nSPS) is 15.2. The molecule has 0 aromatic heterocycles. The molecule has 2 aromatic rings. The lowest BCUT2D eigenvalue weighted by molar-refractivity contribution is 0.193. The zero-order valence-corrected chi connectivity index (χ0v) is 21.1. The van der Waals surface area contributed by atoms with Crippen molar-refractivity contribution in [3.05, 3.63) is 71.8 Å². The summed E-state index contributed by atoms with van der Waals surface area (Å²) < 4.78 is 0. The van der Waals surface area contributed by atoms with Gasteiger partial charge in [-0.1, -0.05) is 100 Å². The second-order valence-electron chi connectivity index (χ2n) is 9.72. The second kappa shape index (κ2) is 14.8. The van der Waals surface area contributed by atoms with Gasteiger partial charge in [0, 0.05) is 12.0 Å². The van der Waals surface area contributed by atoms with Crippen molar-refractivity contribution in [2.75, 3.05) is 24.7 Å². The Morgan fingerprint density at radius 3 is 1.53 bits per heavy atom. The largest absolute Gasteiger partial charge is 0.396 e. The van der Waals surface area contributed by atoms with E-state index < -0.39 is 0 Å². The molecule has 0 radical (unpaired) electrons. The molecule has 0 aliphatic carbocycles. The zero-order valence-electron chi connectivity index (χ0n) is 20.3. The van der Waals surface area contributed by atoms with Crippen LogP contribution < -0.4 is 0 Å². The predicted molar refractivity (Wildman–Crippen MR) is 141 cm³/mol. The number of aliphatic hydroxyl groups is 2. The number of hydrogen-bond acceptors (Lipinski definition) is 3. The van der Waals surface area contributed by atoms with Crippen LogP contribution >= 0.6 is 11.8 Å². The standard InChI is InChI=1S/C29H44O2S/c1-28(21-22-30,26-15-7-3-8-16-26)19-11-5-13-23-32-24-14-6-12-20-29(2,25-31)27-17-9-4-10-18-27/h3-4,7-10,15-18,30-31H,5-6,11-14,19-25H2,1-2H3. The zero-order chi connectivity index (χ0) is 23.1. The fraction of sp³-hybridized carbons (Fsp3) is 0.586. The van der Waals surface area contributed by atoms with Crippen LogP contribution in [0.25, 0.3) is 0 Å². The van der Waals surface area contributed by atoms with E-state index >= 15 is 0 Å². The minimum atomic E-state index is -0.112. The molecule has 0 heterocycles. The molecule has 178 valence electrons. The highest BCUT2D eigenvalue weighted by Gasteiger charge is 2.25. The van der Waals surface area contributed by atoms with Gasteiger partial charge in [-0.3, -0.25) is 0 Å². The summed E-state index contributed by atoms with van der Waals surface area (Å²) in [7, 11) is 0. The summed E-state index contributed by atoms with van der Waals surface area (Å²) in [6, 6.07) is 21.1. The van der Waals surface area contributed by atoms with Gasteiger partial charge in [-0.05, 0) is 60.2 Å². The molecule has 32 heavy (non-hydrogen) atoms. The molecule has 3 heteroatoms. The van der Waals surface area contributed by atoms with Crippen molar-refractivity contribution in [2.45, 2.75) is 82.5 Å². The molecular weight excluding hydrogens is 412 g/mol. The summed E-state index contributed by atoms with van der Waals surface area (Å²) in [5.41, 5.74) is 2.58. The average Bonchev–Trinajstić information content (AvgIpc) is 2.83. The van der Waals surface area contributed by atoms with E-state index in [-0.39, 0.29) is 24.0 Å². The maximum Gasteiger partial charge on any atom is 0.0525 e. The van der Waals surface area contributed by atoms with Crippen molar-refractivity contribution >= 4 is 11.8 Å². The molecule has 2 unspecified atom stereocenters. The Labute approximate surface area is 200 Å². The molecule has 2 atom stereocenters. The SMILES string of the molecule is CC(CO)(CCCCCSCCCCCC(C)(CCO)c1ccccc1)c1ccccc1. The summed E-state index contributed by atoms with van der Waals surface area (Å²) in [5, 5.41) is 19.4. The van der Waals surface area contributed by atoms with E-state index in [0.717, 1.165) is 19.3 Å². The number of rotatable bonds is 17. The summed E-state index contributed by atoms with van der Waals surface area (Å²) in [5.74, 6) is 2.49. The van der Waals surface area contributed by atoms with Gasteiger partial charge in [-0.2, -0.15) is 11.8 Å². The lowest BCUT2D eigenvalue weighted by Gasteiger charge is -2.30. The molecule has 2 aromatic carbocycles. The highest BCUT2D eigenvalue weighted by atomic mass is 32.2. The van der Waals surface area contributed by atoms with Crippen LogP contribution in [0.15, 0.2) is 60.7 Å². The Bertz CT molecular complexity index is 720. The number of thioether (sulfide) groups is 1. The third-order valence-electron chi connectivity index (χ3n) is 6.99. The lowest BCUT2D eigenvalue weighted by Crippen LogP contribution is -2.26. The van der Waals surface area contributed by atoms with Crippen LogP contribution in [0, 0.1) is 0 Å². The van der Waals surface area contributed by atoms with E-state index in [4.69, 9.17) is 0 Å².